The molecule has 0 radical (unpaired) electrons. The van der Waals surface area contributed by atoms with E-state index in [1.165, 1.54) is 11.6 Å². The number of hydrogen-bond donors (Lipinski definition) is 0. The molecule has 4 nitrogen and oxygen atoms in total. The van der Waals surface area contributed by atoms with Crippen LogP contribution in [0, 0.1) is 5.92 Å². The van der Waals surface area contributed by atoms with E-state index in [9.17, 15) is 9.59 Å². The molecule has 1 fully saturated rings. The van der Waals surface area contributed by atoms with E-state index in [0.717, 1.165) is 44.3 Å². The zero-order valence-corrected chi connectivity index (χ0v) is 18.3. The maximum absolute atomic E-state index is 13.1. The largest absolute Gasteiger partial charge is 0.339 e. The van der Waals surface area contributed by atoms with E-state index in [1.54, 1.807) is 22.9 Å². The Balaban J connectivity index is 1.36. The molecule has 1 aromatic heterocycles. The van der Waals surface area contributed by atoms with Crippen LogP contribution in [-0.4, -0.2) is 28.5 Å². The third kappa shape index (κ3) is 5.45. The molecule has 0 spiro atoms. The van der Waals surface area contributed by atoms with Gasteiger partial charge in [0, 0.05) is 30.4 Å². The minimum Gasteiger partial charge on any atom is -0.339 e. The van der Waals surface area contributed by atoms with Crippen LogP contribution in [-0.2, 0) is 13.0 Å². The maximum atomic E-state index is 13.1. The van der Waals surface area contributed by atoms with Crippen molar-refractivity contribution < 1.29 is 4.79 Å². The summed E-state index contributed by atoms with van der Waals surface area (Å²) < 4.78 is 1.56. The van der Waals surface area contributed by atoms with Gasteiger partial charge >= 0.3 is 0 Å². The van der Waals surface area contributed by atoms with E-state index in [2.05, 4.69) is 24.3 Å². The average molecular weight is 435 g/mol. The number of carbonyl (C=O) groups excluding carboxylic acids is 1. The van der Waals surface area contributed by atoms with Crippen LogP contribution in [0.1, 0.15) is 40.7 Å². The number of carbonyl (C=O) groups is 1. The Labute approximate surface area is 188 Å². The van der Waals surface area contributed by atoms with Gasteiger partial charge in [0.15, 0.2) is 0 Å². The number of aryl methyl sites for hydroxylation is 1. The second-order valence-electron chi connectivity index (χ2n) is 8.24. The number of rotatable bonds is 6. The number of halogens is 1. The summed E-state index contributed by atoms with van der Waals surface area (Å²) in [4.78, 5) is 27.3. The van der Waals surface area contributed by atoms with Crippen LogP contribution in [0.3, 0.4) is 0 Å². The molecular formula is C26H27ClN2O2. The molecule has 0 atom stereocenters. The predicted octanol–water partition coefficient (Wildman–Crippen LogP) is 5.04. The van der Waals surface area contributed by atoms with Gasteiger partial charge in [-0.05, 0) is 54.9 Å². The van der Waals surface area contributed by atoms with Crippen molar-refractivity contribution in [1.82, 2.24) is 9.47 Å². The SMILES string of the molecule is O=C(c1ccc(=O)n(Cc2ccccc2Cl)c1)N1CCC(CCc2ccccc2)CC1. The molecular weight excluding hydrogens is 408 g/mol. The number of hydrogen-bond acceptors (Lipinski definition) is 2. The summed E-state index contributed by atoms with van der Waals surface area (Å²) in [6.45, 7) is 1.88. The van der Waals surface area contributed by atoms with Gasteiger partial charge in [-0.3, -0.25) is 9.59 Å². The molecule has 1 aliphatic heterocycles. The minimum absolute atomic E-state index is 0.00517. The van der Waals surface area contributed by atoms with Gasteiger partial charge in [-0.2, -0.15) is 0 Å². The van der Waals surface area contributed by atoms with E-state index in [0.29, 0.717) is 23.0 Å². The molecule has 31 heavy (non-hydrogen) atoms. The summed E-state index contributed by atoms with van der Waals surface area (Å²) >= 11 is 6.24. The molecule has 2 aromatic carbocycles. The van der Waals surface area contributed by atoms with Crippen molar-refractivity contribution in [2.45, 2.75) is 32.2 Å². The van der Waals surface area contributed by atoms with Crippen molar-refractivity contribution in [2.24, 2.45) is 5.92 Å². The lowest BCUT2D eigenvalue weighted by atomic mass is 9.90. The lowest BCUT2D eigenvalue weighted by Gasteiger charge is -2.32. The molecule has 1 aliphatic rings. The Kier molecular flexibility index (Phi) is 6.88. The standard InChI is InChI=1S/C26H27ClN2O2/c27-24-9-5-4-8-22(24)18-29-19-23(12-13-25(29)30)26(31)28-16-14-21(15-17-28)11-10-20-6-2-1-3-7-20/h1-9,12-13,19,21H,10-11,14-18H2. The molecule has 0 bridgehead atoms. The molecule has 5 heteroatoms. The first-order chi connectivity index (χ1) is 15.1. The van der Waals surface area contributed by atoms with Gasteiger partial charge in [0.25, 0.3) is 11.5 Å². The van der Waals surface area contributed by atoms with Crippen LogP contribution < -0.4 is 5.56 Å². The van der Waals surface area contributed by atoms with E-state index in [4.69, 9.17) is 11.6 Å². The lowest BCUT2D eigenvalue weighted by Crippen LogP contribution is -2.39. The quantitative estimate of drug-likeness (QED) is 0.545. The predicted molar refractivity (Wildman–Crippen MR) is 125 cm³/mol. The second-order valence-corrected chi connectivity index (χ2v) is 8.64. The van der Waals surface area contributed by atoms with Crippen LogP contribution >= 0.6 is 11.6 Å². The van der Waals surface area contributed by atoms with Gasteiger partial charge in [0.2, 0.25) is 0 Å². The number of piperidine rings is 1. The van der Waals surface area contributed by atoms with Gasteiger partial charge in [-0.15, -0.1) is 0 Å². The number of pyridine rings is 1. The molecule has 4 rings (SSSR count). The number of aromatic nitrogens is 1. The van der Waals surface area contributed by atoms with Crippen LogP contribution in [0.2, 0.25) is 5.02 Å². The molecule has 0 N–H and O–H groups in total. The summed E-state index contributed by atoms with van der Waals surface area (Å²) in [6.07, 6.45) is 5.96. The number of benzene rings is 2. The van der Waals surface area contributed by atoms with Crippen molar-refractivity contribution in [3.63, 3.8) is 0 Å². The van der Waals surface area contributed by atoms with E-state index in [-0.39, 0.29) is 11.5 Å². The monoisotopic (exact) mass is 434 g/mol. The second kappa shape index (κ2) is 9.97. The van der Waals surface area contributed by atoms with Crippen molar-refractivity contribution >= 4 is 17.5 Å². The lowest BCUT2D eigenvalue weighted by molar-refractivity contribution is 0.0686. The molecule has 0 unspecified atom stereocenters. The highest BCUT2D eigenvalue weighted by Gasteiger charge is 2.24. The third-order valence-corrected chi connectivity index (χ3v) is 6.48. The van der Waals surface area contributed by atoms with Crippen molar-refractivity contribution in [1.29, 1.82) is 0 Å². The smallest absolute Gasteiger partial charge is 0.255 e. The Morgan fingerprint density at radius 1 is 0.935 bits per heavy atom. The zero-order chi connectivity index (χ0) is 21.6. The van der Waals surface area contributed by atoms with Gasteiger partial charge in [0.1, 0.15) is 0 Å². The van der Waals surface area contributed by atoms with Crippen LogP contribution in [0.5, 0.6) is 0 Å². The number of likely N-dealkylation sites (tertiary alicyclic amines) is 1. The highest BCUT2D eigenvalue weighted by molar-refractivity contribution is 6.31. The summed E-state index contributed by atoms with van der Waals surface area (Å²) in [7, 11) is 0. The number of amides is 1. The average Bonchev–Trinajstić information content (AvgIpc) is 2.81. The highest BCUT2D eigenvalue weighted by atomic mass is 35.5. The summed E-state index contributed by atoms with van der Waals surface area (Å²) in [5, 5.41) is 0.615. The molecule has 3 aromatic rings. The normalized spacial score (nSPS) is 14.5. The van der Waals surface area contributed by atoms with Gasteiger partial charge in [0.05, 0.1) is 12.1 Å². The van der Waals surface area contributed by atoms with Crippen LogP contribution in [0.25, 0.3) is 0 Å². The fourth-order valence-electron chi connectivity index (χ4n) is 4.21. The molecule has 160 valence electrons. The Hall–Kier alpha value is -2.85. The highest BCUT2D eigenvalue weighted by Crippen LogP contribution is 2.23. The maximum Gasteiger partial charge on any atom is 0.255 e. The summed E-state index contributed by atoms with van der Waals surface area (Å²) in [6, 6.07) is 21.1. The summed E-state index contributed by atoms with van der Waals surface area (Å²) in [5.74, 6) is 0.646. The van der Waals surface area contributed by atoms with Gasteiger partial charge in [-0.25, -0.2) is 0 Å². The van der Waals surface area contributed by atoms with Crippen molar-refractivity contribution in [3.8, 4) is 0 Å². The Morgan fingerprint density at radius 3 is 2.39 bits per heavy atom. The molecule has 0 saturated carbocycles. The fourth-order valence-corrected chi connectivity index (χ4v) is 4.41. The Morgan fingerprint density at radius 2 is 1.65 bits per heavy atom. The van der Waals surface area contributed by atoms with E-state index < -0.39 is 0 Å². The third-order valence-electron chi connectivity index (χ3n) is 6.11. The van der Waals surface area contributed by atoms with Crippen molar-refractivity contribution in [2.75, 3.05) is 13.1 Å². The minimum atomic E-state index is -0.143. The molecule has 2 heterocycles. The molecule has 1 amide bonds. The topological polar surface area (TPSA) is 42.3 Å². The van der Waals surface area contributed by atoms with E-state index in [1.807, 2.05) is 29.2 Å². The molecule has 1 saturated heterocycles. The summed E-state index contributed by atoms with van der Waals surface area (Å²) in [5.41, 5.74) is 2.64. The zero-order valence-electron chi connectivity index (χ0n) is 17.5. The van der Waals surface area contributed by atoms with Gasteiger partial charge < -0.3 is 9.47 Å². The Bertz CT molecular complexity index is 1090. The van der Waals surface area contributed by atoms with E-state index >= 15 is 0 Å². The van der Waals surface area contributed by atoms with Crippen LogP contribution in [0.4, 0.5) is 0 Å². The first kappa shape index (κ1) is 21.4. The fraction of sp³-hybridized carbons (Fsp3) is 0.308. The van der Waals surface area contributed by atoms with Crippen molar-refractivity contribution in [3.05, 3.63) is 105 Å². The van der Waals surface area contributed by atoms with Gasteiger partial charge in [-0.1, -0.05) is 60.1 Å². The van der Waals surface area contributed by atoms with Crippen LogP contribution in [0.15, 0.2) is 77.7 Å². The first-order valence-electron chi connectivity index (χ1n) is 10.9. The number of nitrogens with zero attached hydrogens (tertiary/aromatic N) is 2. The first-order valence-corrected chi connectivity index (χ1v) is 11.2. The molecule has 0 aliphatic carbocycles.